The molecule has 2 aromatic heterocycles. The minimum Gasteiger partial charge on any atom is -0.497 e. The number of aromatic nitrogens is 3. The molecule has 0 saturated heterocycles. The molecule has 0 aliphatic heterocycles. The molecule has 2 N–H and O–H groups in total. The molecule has 8 nitrogen and oxygen atoms in total. The van der Waals surface area contributed by atoms with E-state index in [1.165, 1.54) is 0 Å². The quantitative estimate of drug-likeness (QED) is 0.498. The van der Waals surface area contributed by atoms with Crippen LogP contribution in [-0.2, 0) is 7.05 Å². The highest BCUT2D eigenvalue weighted by Crippen LogP contribution is 2.23. The number of nitrogens with zero attached hydrogens (tertiary/aromatic N) is 3. The molecular weight excluding hydrogens is 406 g/mol. The van der Waals surface area contributed by atoms with Crippen LogP contribution in [0.4, 0.5) is 11.4 Å². The predicted molar refractivity (Wildman–Crippen MR) is 123 cm³/mol. The Bertz CT molecular complexity index is 1310. The third kappa shape index (κ3) is 4.15. The highest BCUT2D eigenvalue weighted by atomic mass is 16.5. The number of fused-ring (bicyclic) bond motifs is 1. The van der Waals surface area contributed by atoms with Crippen molar-refractivity contribution in [2.45, 2.75) is 13.8 Å². The first-order valence-electron chi connectivity index (χ1n) is 10.0. The largest absolute Gasteiger partial charge is 0.497 e. The second kappa shape index (κ2) is 8.50. The van der Waals surface area contributed by atoms with E-state index in [1.54, 1.807) is 73.4 Å². The van der Waals surface area contributed by atoms with Crippen molar-refractivity contribution in [2.24, 2.45) is 7.05 Å². The van der Waals surface area contributed by atoms with Gasteiger partial charge < -0.3 is 15.4 Å². The van der Waals surface area contributed by atoms with E-state index in [1.807, 2.05) is 13.8 Å². The van der Waals surface area contributed by atoms with Crippen LogP contribution in [0.25, 0.3) is 11.0 Å². The zero-order valence-corrected chi connectivity index (χ0v) is 18.3. The topological polar surface area (TPSA) is 98.1 Å². The van der Waals surface area contributed by atoms with Crippen molar-refractivity contribution in [3.05, 3.63) is 77.1 Å². The zero-order valence-electron chi connectivity index (χ0n) is 18.3. The van der Waals surface area contributed by atoms with Gasteiger partial charge in [-0.05, 0) is 68.4 Å². The van der Waals surface area contributed by atoms with Gasteiger partial charge in [-0.3, -0.25) is 14.3 Å². The van der Waals surface area contributed by atoms with E-state index in [0.717, 1.165) is 16.8 Å². The summed E-state index contributed by atoms with van der Waals surface area (Å²) >= 11 is 0. The van der Waals surface area contributed by atoms with E-state index in [2.05, 4.69) is 20.7 Å². The number of methoxy groups -OCH3 is 1. The predicted octanol–water partition coefficient (Wildman–Crippen LogP) is 4.10. The summed E-state index contributed by atoms with van der Waals surface area (Å²) in [7, 11) is 3.39. The number of carbonyl (C=O) groups is 2. The third-order valence-electron chi connectivity index (χ3n) is 5.09. The molecule has 162 valence electrons. The third-order valence-corrected chi connectivity index (χ3v) is 5.09. The highest BCUT2D eigenvalue weighted by Gasteiger charge is 2.18. The van der Waals surface area contributed by atoms with Crippen molar-refractivity contribution in [3.8, 4) is 5.75 Å². The smallest absolute Gasteiger partial charge is 0.256 e. The van der Waals surface area contributed by atoms with Gasteiger partial charge in [-0.1, -0.05) is 0 Å². The number of amides is 2. The normalized spacial score (nSPS) is 10.8. The molecule has 0 bridgehead atoms. The molecule has 0 unspecified atom stereocenters. The fraction of sp³-hybridized carbons (Fsp3) is 0.167. The summed E-state index contributed by atoms with van der Waals surface area (Å²) in [6, 6.07) is 15.6. The maximum atomic E-state index is 13.0. The lowest BCUT2D eigenvalue weighted by atomic mass is 10.1. The van der Waals surface area contributed by atoms with E-state index in [-0.39, 0.29) is 11.8 Å². The lowest BCUT2D eigenvalue weighted by Crippen LogP contribution is -2.14. The molecule has 0 fully saturated rings. The first kappa shape index (κ1) is 21.0. The molecule has 0 aliphatic rings. The van der Waals surface area contributed by atoms with E-state index in [4.69, 9.17) is 4.74 Å². The van der Waals surface area contributed by atoms with Crippen molar-refractivity contribution in [3.63, 3.8) is 0 Å². The van der Waals surface area contributed by atoms with Crippen molar-refractivity contribution >= 4 is 34.2 Å². The Kier molecular flexibility index (Phi) is 5.59. The Morgan fingerprint density at radius 1 is 0.906 bits per heavy atom. The molecule has 0 spiro atoms. The van der Waals surface area contributed by atoms with Crippen LogP contribution in [0.1, 0.15) is 32.1 Å². The summed E-state index contributed by atoms with van der Waals surface area (Å²) in [4.78, 5) is 30.0. The molecule has 0 radical (unpaired) electrons. The Labute approximate surface area is 185 Å². The first-order chi connectivity index (χ1) is 15.4. The van der Waals surface area contributed by atoms with E-state index < -0.39 is 0 Å². The number of anilines is 2. The highest BCUT2D eigenvalue weighted by molar-refractivity contribution is 6.13. The summed E-state index contributed by atoms with van der Waals surface area (Å²) in [5.41, 5.74) is 4.38. The molecule has 2 amide bonds. The average molecular weight is 429 g/mol. The van der Waals surface area contributed by atoms with Crippen molar-refractivity contribution < 1.29 is 14.3 Å². The van der Waals surface area contributed by atoms with Gasteiger partial charge in [0.15, 0.2) is 5.65 Å². The van der Waals surface area contributed by atoms with E-state index >= 15 is 0 Å². The molecule has 0 atom stereocenters. The van der Waals surface area contributed by atoms with Crippen LogP contribution in [0.5, 0.6) is 5.75 Å². The number of ether oxygens (including phenoxy) is 1. The van der Waals surface area contributed by atoms with Gasteiger partial charge in [0.05, 0.1) is 23.8 Å². The average Bonchev–Trinajstić information content (AvgIpc) is 3.07. The van der Waals surface area contributed by atoms with Gasteiger partial charge in [0.1, 0.15) is 5.75 Å². The number of benzene rings is 2. The number of pyridine rings is 1. The second-order valence-electron chi connectivity index (χ2n) is 7.43. The Morgan fingerprint density at radius 3 is 2.12 bits per heavy atom. The van der Waals surface area contributed by atoms with Crippen molar-refractivity contribution in [2.75, 3.05) is 17.7 Å². The lowest BCUT2D eigenvalue weighted by molar-refractivity contribution is 0.102. The summed E-state index contributed by atoms with van der Waals surface area (Å²) < 4.78 is 6.79. The SMILES string of the molecule is COc1ccc(NC(=O)c2ccc(NC(=O)c3cc(C)nc4c3c(C)nn4C)cc2)cc1. The molecule has 0 aliphatic carbocycles. The Morgan fingerprint density at radius 2 is 1.50 bits per heavy atom. The number of hydrogen-bond donors (Lipinski definition) is 2. The fourth-order valence-corrected chi connectivity index (χ4v) is 3.53. The second-order valence-corrected chi connectivity index (χ2v) is 7.43. The number of nitrogens with one attached hydrogen (secondary N) is 2. The number of hydrogen-bond acceptors (Lipinski definition) is 5. The van der Waals surface area contributed by atoms with Crippen LogP contribution in [0.3, 0.4) is 0 Å². The maximum absolute atomic E-state index is 13.0. The molecule has 8 heteroatoms. The van der Waals surface area contributed by atoms with Gasteiger partial charge in [0, 0.05) is 29.7 Å². The van der Waals surface area contributed by atoms with E-state index in [0.29, 0.717) is 33.9 Å². The van der Waals surface area contributed by atoms with Crippen LogP contribution < -0.4 is 15.4 Å². The molecule has 2 heterocycles. The molecular formula is C24H23N5O3. The zero-order chi connectivity index (χ0) is 22.8. The lowest BCUT2D eigenvalue weighted by Gasteiger charge is -2.09. The van der Waals surface area contributed by atoms with Crippen molar-refractivity contribution in [1.82, 2.24) is 14.8 Å². The van der Waals surface area contributed by atoms with Gasteiger partial charge >= 0.3 is 0 Å². The van der Waals surface area contributed by atoms with Gasteiger partial charge in [0.2, 0.25) is 0 Å². The summed E-state index contributed by atoms with van der Waals surface area (Å²) in [6.07, 6.45) is 0. The molecule has 0 saturated carbocycles. The van der Waals surface area contributed by atoms with Gasteiger partial charge in [0.25, 0.3) is 11.8 Å². The minimum atomic E-state index is -0.257. The van der Waals surface area contributed by atoms with Gasteiger partial charge in [-0.15, -0.1) is 0 Å². The molecule has 4 aromatic rings. The van der Waals surface area contributed by atoms with Gasteiger partial charge in [-0.2, -0.15) is 5.10 Å². The van der Waals surface area contributed by atoms with Crippen LogP contribution in [0.2, 0.25) is 0 Å². The minimum absolute atomic E-state index is 0.245. The first-order valence-corrected chi connectivity index (χ1v) is 10.0. The standard InChI is InChI=1S/C24H23N5O3/c1-14-13-20(21-15(2)28-29(3)22(21)25-14)24(31)27-17-7-5-16(6-8-17)23(30)26-18-9-11-19(32-4)12-10-18/h5-13H,1-4H3,(H,26,30)(H,27,31). The number of rotatable bonds is 5. The summed E-state index contributed by atoms with van der Waals surface area (Å²) in [5, 5.41) is 10.8. The van der Waals surface area contributed by atoms with E-state index in [9.17, 15) is 9.59 Å². The molecule has 2 aromatic carbocycles. The van der Waals surface area contributed by atoms with Crippen LogP contribution in [0, 0.1) is 13.8 Å². The van der Waals surface area contributed by atoms with Crippen molar-refractivity contribution in [1.29, 1.82) is 0 Å². The summed E-state index contributed by atoms with van der Waals surface area (Å²) in [6.45, 7) is 3.70. The van der Waals surface area contributed by atoms with Crippen LogP contribution in [0.15, 0.2) is 54.6 Å². The number of carbonyl (C=O) groups excluding carboxylic acids is 2. The summed E-state index contributed by atoms with van der Waals surface area (Å²) in [5.74, 6) is 0.212. The monoisotopic (exact) mass is 429 g/mol. The maximum Gasteiger partial charge on any atom is 0.256 e. The van der Waals surface area contributed by atoms with Gasteiger partial charge in [-0.25, -0.2) is 4.98 Å². The van der Waals surface area contributed by atoms with Crippen LogP contribution >= 0.6 is 0 Å². The fourth-order valence-electron chi connectivity index (χ4n) is 3.53. The molecule has 4 rings (SSSR count). The Balaban J connectivity index is 1.49. The van der Waals surface area contributed by atoms with Crippen LogP contribution in [-0.4, -0.2) is 33.7 Å². The Hall–Kier alpha value is -4.20. The molecule has 32 heavy (non-hydrogen) atoms. The number of aryl methyl sites for hydroxylation is 3.